The molecule has 1 aromatic heterocycles. The topological polar surface area (TPSA) is 72.8 Å². The van der Waals surface area contributed by atoms with Crippen molar-refractivity contribution in [3.8, 4) is 11.5 Å². The first kappa shape index (κ1) is 17.0. The van der Waals surface area contributed by atoms with Gasteiger partial charge in [0.2, 0.25) is 0 Å². The fourth-order valence-corrected chi connectivity index (χ4v) is 3.06. The average Bonchev–Trinajstić information content (AvgIpc) is 2.96. The molecule has 3 rings (SSSR count). The second-order valence-electron chi connectivity index (χ2n) is 5.04. The summed E-state index contributed by atoms with van der Waals surface area (Å²) in [5, 5.41) is 3.28. The standard InChI is InChI=1S/C18H17N3O3S/c1-3-24-14-7-6-12(9-15(14)23-2)10-16-17(22)21-18(25-16)20-13-5-4-8-19-11-13/h4-11H,3H2,1-2H3,(H,20,21,22)/b16-10+. The van der Waals surface area contributed by atoms with Crippen LogP contribution in [-0.2, 0) is 4.79 Å². The first-order chi connectivity index (χ1) is 12.2. The lowest BCUT2D eigenvalue weighted by Gasteiger charge is -2.09. The van der Waals surface area contributed by atoms with Gasteiger partial charge in [0.25, 0.3) is 5.91 Å². The van der Waals surface area contributed by atoms with Crippen LogP contribution < -0.4 is 14.8 Å². The van der Waals surface area contributed by atoms with Gasteiger partial charge in [0.15, 0.2) is 16.7 Å². The van der Waals surface area contributed by atoms with Crippen LogP contribution >= 0.6 is 11.8 Å². The lowest BCUT2D eigenvalue weighted by molar-refractivity contribution is -0.115. The molecule has 1 amide bonds. The summed E-state index contributed by atoms with van der Waals surface area (Å²) in [6.07, 6.45) is 5.11. The van der Waals surface area contributed by atoms with Crippen molar-refractivity contribution in [1.82, 2.24) is 10.3 Å². The van der Waals surface area contributed by atoms with E-state index in [1.54, 1.807) is 31.6 Å². The summed E-state index contributed by atoms with van der Waals surface area (Å²) >= 11 is 1.29. The number of thioether (sulfide) groups is 1. The molecule has 1 fully saturated rings. The van der Waals surface area contributed by atoms with Gasteiger partial charge in [-0.2, -0.15) is 0 Å². The molecule has 2 heterocycles. The third-order valence-electron chi connectivity index (χ3n) is 3.31. The Balaban J connectivity index is 1.82. The maximum Gasteiger partial charge on any atom is 0.264 e. The fraction of sp³-hybridized carbons (Fsp3) is 0.167. The summed E-state index contributed by atoms with van der Waals surface area (Å²) in [5.74, 6) is 1.12. The average molecular weight is 355 g/mol. The van der Waals surface area contributed by atoms with Crippen molar-refractivity contribution in [3.63, 3.8) is 0 Å². The van der Waals surface area contributed by atoms with Gasteiger partial charge < -0.3 is 14.8 Å². The summed E-state index contributed by atoms with van der Waals surface area (Å²) < 4.78 is 10.8. The molecule has 0 bridgehead atoms. The van der Waals surface area contributed by atoms with Crippen LogP contribution in [0.3, 0.4) is 0 Å². The molecule has 0 radical (unpaired) electrons. The Kier molecular flexibility index (Phi) is 5.35. The third-order valence-corrected chi connectivity index (χ3v) is 4.22. The number of nitrogens with zero attached hydrogens (tertiary/aromatic N) is 2. The number of amides is 1. The van der Waals surface area contributed by atoms with E-state index in [0.29, 0.717) is 33.9 Å². The molecule has 6 nitrogen and oxygen atoms in total. The van der Waals surface area contributed by atoms with Gasteiger partial charge in [-0.25, -0.2) is 4.99 Å². The van der Waals surface area contributed by atoms with Gasteiger partial charge in [-0.1, -0.05) is 6.07 Å². The molecule has 1 N–H and O–H groups in total. The summed E-state index contributed by atoms with van der Waals surface area (Å²) in [6.45, 7) is 2.47. The summed E-state index contributed by atoms with van der Waals surface area (Å²) in [6, 6.07) is 9.17. The minimum absolute atomic E-state index is 0.180. The van der Waals surface area contributed by atoms with Crippen molar-refractivity contribution in [1.29, 1.82) is 0 Å². The molecule has 1 saturated heterocycles. The molecule has 25 heavy (non-hydrogen) atoms. The van der Waals surface area contributed by atoms with Crippen LogP contribution in [0.4, 0.5) is 5.69 Å². The SMILES string of the molecule is CCOc1ccc(/C=C2/SC(=Nc3cccnc3)NC2=O)cc1OC. The lowest BCUT2D eigenvalue weighted by atomic mass is 10.2. The fourth-order valence-electron chi connectivity index (χ4n) is 2.22. The first-order valence-electron chi connectivity index (χ1n) is 7.70. The Labute approximate surface area is 150 Å². The van der Waals surface area contributed by atoms with Crippen LogP contribution in [0.15, 0.2) is 52.6 Å². The Hall–Kier alpha value is -2.80. The molecule has 0 atom stereocenters. The number of hydrogen-bond acceptors (Lipinski definition) is 6. The zero-order chi connectivity index (χ0) is 17.6. The van der Waals surface area contributed by atoms with Crippen LogP contribution in [0.2, 0.25) is 0 Å². The van der Waals surface area contributed by atoms with Crippen molar-refractivity contribution in [2.45, 2.75) is 6.92 Å². The van der Waals surface area contributed by atoms with Crippen molar-refractivity contribution >= 4 is 34.6 Å². The predicted molar refractivity (Wildman–Crippen MR) is 99.2 cm³/mol. The number of carbonyl (C=O) groups is 1. The van der Waals surface area contributed by atoms with Gasteiger partial charge in [-0.3, -0.25) is 9.78 Å². The molecule has 1 aliphatic rings. The Morgan fingerprint density at radius 2 is 2.20 bits per heavy atom. The molecule has 0 saturated carbocycles. The summed E-state index contributed by atoms with van der Waals surface area (Å²) in [4.78, 5) is 21.1. The van der Waals surface area contributed by atoms with Crippen LogP contribution in [0.1, 0.15) is 12.5 Å². The number of aliphatic imine (C=N–C) groups is 1. The number of ether oxygens (including phenoxy) is 2. The number of carbonyl (C=O) groups excluding carboxylic acids is 1. The second kappa shape index (κ2) is 7.85. The Morgan fingerprint density at radius 3 is 2.92 bits per heavy atom. The van der Waals surface area contributed by atoms with E-state index in [-0.39, 0.29) is 5.91 Å². The highest BCUT2D eigenvalue weighted by Crippen LogP contribution is 2.32. The highest BCUT2D eigenvalue weighted by atomic mass is 32.2. The van der Waals surface area contributed by atoms with E-state index in [1.807, 2.05) is 31.2 Å². The zero-order valence-corrected chi connectivity index (χ0v) is 14.7. The number of aromatic nitrogens is 1. The molecule has 1 aliphatic heterocycles. The minimum atomic E-state index is -0.180. The highest BCUT2D eigenvalue weighted by molar-refractivity contribution is 8.18. The molecule has 0 aliphatic carbocycles. The van der Waals surface area contributed by atoms with Crippen LogP contribution in [-0.4, -0.2) is 29.8 Å². The van der Waals surface area contributed by atoms with Crippen molar-refractivity contribution in [2.24, 2.45) is 4.99 Å². The van der Waals surface area contributed by atoms with Gasteiger partial charge >= 0.3 is 0 Å². The van der Waals surface area contributed by atoms with E-state index in [1.165, 1.54) is 11.8 Å². The van der Waals surface area contributed by atoms with E-state index in [4.69, 9.17) is 9.47 Å². The molecular weight excluding hydrogens is 338 g/mol. The first-order valence-corrected chi connectivity index (χ1v) is 8.51. The van der Waals surface area contributed by atoms with Gasteiger partial charge in [0.1, 0.15) is 0 Å². The molecule has 0 spiro atoms. The number of benzene rings is 1. The summed E-state index contributed by atoms with van der Waals surface area (Å²) in [7, 11) is 1.59. The van der Waals surface area contributed by atoms with Crippen molar-refractivity contribution < 1.29 is 14.3 Å². The number of nitrogens with one attached hydrogen (secondary N) is 1. The van der Waals surface area contributed by atoms with Crippen molar-refractivity contribution in [3.05, 3.63) is 53.2 Å². The number of pyridine rings is 1. The van der Waals surface area contributed by atoms with E-state index in [0.717, 1.165) is 5.56 Å². The van der Waals surface area contributed by atoms with Gasteiger partial charge in [0, 0.05) is 6.20 Å². The largest absolute Gasteiger partial charge is 0.493 e. The van der Waals surface area contributed by atoms with Gasteiger partial charge in [-0.05, 0) is 54.6 Å². The summed E-state index contributed by atoms with van der Waals surface area (Å²) in [5.41, 5.74) is 1.54. The number of methoxy groups -OCH3 is 1. The van der Waals surface area contributed by atoms with Crippen molar-refractivity contribution in [2.75, 3.05) is 13.7 Å². The predicted octanol–water partition coefficient (Wildman–Crippen LogP) is 3.38. The monoisotopic (exact) mass is 355 g/mol. The number of hydrogen-bond donors (Lipinski definition) is 1. The molecular formula is C18H17N3O3S. The van der Waals surface area contributed by atoms with Crippen LogP contribution in [0, 0.1) is 0 Å². The van der Waals surface area contributed by atoms with Gasteiger partial charge in [0.05, 0.1) is 30.5 Å². The zero-order valence-electron chi connectivity index (χ0n) is 13.9. The smallest absolute Gasteiger partial charge is 0.264 e. The minimum Gasteiger partial charge on any atom is -0.493 e. The second-order valence-corrected chi connectivity index (χ2v) is 6.07. The van der Waals surface area contributed by atoms with E-state index in [2.05, 4.69) is 15.3 Å². The molecule has 2 aromatic rings. The molecule has 0 unspecified atom stereocenters. The van der Waals surface area contributed by atoms with E-state index in [9.17, 15) is 4.79 Å². The Morgan fingerprint density at radius 1 is 1.32 bits per heavy atom. The third kappa shape index (κ3) is 4.19. The maximum absolute atomic E-state index is 12.2. The Bertz CT molecular complexity index is 835. The van der Waals surface area contributed by atoms with Crippen LogP contribution in [0.5, 0.6) is 11.5 Å². The maximum atomic E-state index is 12.2. The van der Waals surface area contributed by atoms with Crippen LogP contribution in [0.25, 0.3) is 6.08 Å². The highest BCUT2D eigenvalue weighted by Gasteiger charge is 2.24. The van der Waals surface area contributed by atoms with E-state index >= 15 is 0 Å². The molecule has 7 heteroatoms. The van der Waals surface area contributed by atoms with E-state index < -0.39 is 0 Å². The normalized spacial score (nSPS) is 17.0. The van der Waals surface area contributed by atoms with Gasteiger partial charge in [-0.15, -0.1) is 0 Å². The molecule has 1 aromatic carbocycles. The molecule has 128 valence electrons. The number of rotatable bonds is 5. The lowest BCUT2D eigenvalue weighted by Crippen LogP contribution is -2.19. The quantitative estimate of drug-likeness (QED) is 0.833. The number of amidine groups is 1.